The van der Waals surface area contributed by atoms with Crippen LogP contribution in [-0.4, -0.2) is 13.1 Å². The van der Waals surface area contributed by atoms with Gasteiger partial charge in [-0.2, -0.15) is 0 Å². The average Bonchev–Trinajstić information content (AvgIpc) is 2.47. The molecule has 0 spiro atoms. The molecule has 2 aromatic rings. The minimum atomic E-state index is -4.95. The Balaban J connectivity index is 0.00000176. The third-order valence-electron chi connectivity index (χ3n) is 3.71. The van der Waals surface area contributed by atoms with E-state index in [1.54, 1.807) is 18.2 Å². The molecule has 2 aromatic carbocycles. The molecule has 0 radical (unpaired) electrons. The van der Waals surface area contributed by atoms with Crippen molar-refractivity contribution in [3.63, 3.8) is 0 Å². The molecule has 22 heavy (non-hydrogen) atoms. The van der Waals surface area contributed by atoms with Gasteiger partial charge in [-0.25, -0.2) is 0 Å². The second kappa shape index (κ2) is 7.53. The second-order valence-corrected chi connectivity index (χ2v) is 5.36. The van der Waals surface area contributed by atoms with Crippen LogP contribution in [0.15, 0.2) is 48.6 Å². The summed E-state index contributed by atoms with van der Waals surface area (Å²) in [5.74, 6) is 0.698. The van der Waals surface area contributed by atoms with Gasteiger partial charge in [0.05, 0.1) is 0 Å². The Morgan fingerprint density at radius 2 is 1.73 bits per heavy atom. The summed E-state index contributed by atoms with van der Waals surface area (Å²) in [7, 11) is 0. The van der Waals surface area contributed by atoms with E-state index in [4.69, 9.17) is 4.74 Å². The molecule has 0 saturated heterocycles. The predicted molar refractivity (Wildman–Crippen MR) is 80.1 cm³/mol. The molecule has 110 valence electrons. The summed E-state index contributed by atoms with van der Waals surface area (Å²) in [6, 6.07) is 9.04. The molecule has 1 nitrogen and oxygen atoms in total. The molecular weight excluding hydrogens is 315 g/mol. The number of benzene rings is 2. The van der Waals surface area contributed by atoms with Crippen molar-refractivity contribution < 1.29 is 69.1 Å². The maximum Gasteiger partial charge on any atom is 1.00 e. The van der Waals surface area contributed by atoms with Crippen LogP contribution in [0.5, 0.6) is 5.75 Å². The monoisotopic (exact) mass is 330 g/mol. The minimum absolute atomic E-state index is 0. The van der Waals surface area contributed by atoms with Gasteiger partial charge in [-0.15, -0.1) is 5.46 Å². The number of fused-ring (bicyclic) bond motifs is 1. The first-order valence-corrected chi connectivity index (χ1v) is 7.09. The third-order valence-corrected chi connectivity index (χ3v) is 3.71. The Kier molecular flexibility index (Phi) is 6.19. The molecule has 0 N–H and O–H groups in total. The van der Waals surface area contributed by atoms with Crippen LogP contribution in [0.1, 0.15) is 19.3 Å². The average molecular weight is 330 g/mol. The number of allylic oxidation sites excluding steroid dienone is 1. The third kappa shape index (κ3) is 4.39. The summed E-state index contributed by atoms with van der Waals surface area (Å²) in [4.78, 5) is 0. The van der Waals surface area contributed by atoms with E-state index in [0.29, 0.717) is 11.1 Å². The smallest absolute Gasteiger partial charge is 0.486 e. The van der Waals surface area contributed by atoms with Gasteiger partial charge in [-0.1, -0.05) is 30.3 Å². The molecule has 0 saturated carbocycles. The van der Waals surface area contributed by atoms with E-state index in [2.05, 4.69) is 6.08 Å². The van der Waals surface area contributed by atoms with E-state index >= 15 is 0 Å². The molecule has 1 atom stereocenters. The molecule has 6 heteroatoms. The number of halogens is 3. The number of hydrogen-bond donors (Lipinski definition) is 0. The normalized spacial score (nSPS) is 18.0. The van der Waals surface area contributed by atoms with Gasteiger partial charge in [0.2, 0.25) is 0 Å². The fraction of sp³-hybridized carbons (Fsp3) is 0.250. The van der Waals surface area contributed by atoms with Crippen molar-refractivity contribution in [2.45, 2.75) is 25.4 Å². The fourth-order valence-electron chi connectivity index (χ4n) is 2.57. The zero-order chi connectivity index (χ0) is 14.9. The molecule has 3 rings (SSSR count). The number of rotatable bonds is 3. The Bertz CT molecular complexity index is 685. The van der Waals surface area contributed by atoms with Gasteiger partial charge in [0.1, 0.15) is 11.9 Å². The molecule has 0 amide bonds. The van der Waals surface area contributed by atoms with Crippen LogP contribution in [0.2, 0.25) is 0 Å². The first-order chi connectivity index (χ1) is 10.0. The molecule has 0 fully saturated rings. The molecule has 0 aliphatic heterocycles. The van der Waals surface area contributed by atoms with Crippen molar-refractivity contribution in [1.82, 2.24) is 0 Å². The topological polar surface area (TPSA) is 9.23 Å². The largest absolute Gasteiger partial charge is 1.00 e. The van der Waals surface area contributed by atoms with Crippen molar-refractivity contribution in [1.29, 1.82) is 0 Å². The van der Waals surface area contributed by atoms with Gasteiger partial charge in [0.15, 0.2) is 0 Å². The Morgan fingerprint density at radius 1 is 1.00 bits per heavy atom. The molecule has 1 aliphatic carbocycles. The Labute approximate surface area is 170 Å². The SMILES string of the molecule is F[B-](F)(F)c1ccc2cc(OC3C=CCCC3)ccc2c1.[K+]. The van der Waals surface area contributed by atoms with Gasteiger partial charge < -0.3 is 17.7 Å². The van der Waals surface area contributed by atoms with Gasteiger partial charge >= 0.3 is 58.4 Å². The van der Waals surface area contributed by atoms with Crippen LogP contribution in [0.3, 0.4) is 0 Å². The van der Waals surface area contributed by atoms with Crippen LogP contribution in [0.4, 0.5) is 12.9 Å². The minimum Gasteiger partial charge on any atom is -0.486 e. The second-order valence-electron chi connectivity index (χ2n) is 5.36. The van der Waals surface area contributed by atoms with Crippen molar-refractivity contribution in [2.24, 2.45) is 0 Å². The summed E-state index contributed by atoms with van der Waals surface area (Å²) in [6.07, 6.45) is 7.37. The van der Waals surface area contributed by atoms with E-state index in [1.807, 2.05) is 6.08 Å². The summed E-state index contributed by atoms with van der Waals surface area (Å²) in [5, 5.41) is 1.34. The molecule has 1 aliphatic rings. The zero-order valence-electron chi connectivity index (χ0n) is 12.4. The number of ether oxygens (including phenoxy) is 1. The summed E-state index contributed by atoms with van der Waals surface area (Å²) in [5.41, 5.74) is -0.564. The van der Waals surface area contributed by atoms with Crippen LogP contribution in [-0.2, 0) is 0 Å². The van der Waals surface area contributed by atoms with Crippen molar-refractivity contribution in [3.8, 4) is 5.75 Å². The molecule has 0 bridgehead atoms. The quantitative estimate of drug-likeness (QED) is 0.610. The first kappa shape index (κ1) is 18.1. The fourth-order valence-corrected chi connectivity index (χ4v) is 2.57. The van der Waals surface area contributed by atoms with Crippen molar-refractivity contribution >= 4 is 23.2 Å². The van der Waals surface area contributed by atoms with E-state index in [9.17, 15) is 12.9 Å². The maximum absolute atomic E-state index is 12.7. The first-order valence-electron chi connectivity index (χ1n) is 7.09. The standard InChI is InChI=1S/C16H15BF3O.K/c18-17(19,20)14-8-6-13-11-16(9-7-12(13)10-14)21-15-4-2-1-3-5-15;/h2,4,6-11,15H,1,3,5H2;/q-1;+1. The predicted octanol–water partition coefficient (Wildman–Crippen LogP) is 1.39. The van der Waals surface area contributed by atoms with Crippen LogP contribution >= 0.6 is 0 Å². The van der Waals surface area contributed by atoms with Gasteiger partial charge in [-0.05, 0) is 48.2 Å². The molecule has 1 unspecified atom stereocenters. The summed E-state index contributed by atoms with van der Waals surface area (Å²) >= 11 is 0. The Hall–Kier alpha value is -0.269. The Morgan fingerprint density at radius 3 is 2.41 bits per heavy atom. The van der Waals surface area contributed by atoms with Gasteiger partial charge in [-0.3, -0.25) is 0 Å². The zero-order valence-corrected chi connectivity index (χ0v) is 15.6. The molecule has 0 aromatic heterocycles. The van der Waals surface area contributed by atoms with Crippen LogP contribution in [0, 0.1) is 0 Å². The maximum atomic E-state index is 12.7. The van der Waals surface area contributed by atoms with E-state index in [1.165, 1.54) is 12.1 Å². The van der Waals surface area contributed by atoms with Crippen LogP contribution in [0.25, 0.3) is 10.8 Å². The van der Waals surface area contributed by atoms with Crippen molar-refractivity contribution in [3.05, 3.63) is 48.6 Å². The van der Waals surface area contributed by atoms with E-state index < -0.39 is 12.4 Å². The molecule has 0 heterocycles. The van der Waals surface area contributed by atoms with Gasteiger partial charge in [0, 0.05) is 0 Å². The summed E-state index contributed by atoms with van der Waals surface area (Å²) in [6.45, 7) is -4.95. The van der Waals surface area contributed by atoms with E-state index in [0.717, 1.165) is 30.7 Å². The molecular formula is C16H15BF3KO. The van der Waals surface area contributed by atoms with Crippen molar-refractivity contribution in [2.75, 3.05) is 0 Å². The van der Waals surface area contributed by atoms with E-state index in [-0.39, 0.29) is 57.5 Å². The number of hydrogen-bond acceptors (Lipinski definition) is 1. The van der Waals surface area contributed by atoms with Crippen LogP contribution < -0.4 is 61.6 Å². The van der Waals surface area contributed by atoms with Gasteiger partial charge in [0.25, 0.3) is 0 Å². The summed E-state index contributed by atoms with van der Waals surface area (Å²) < 4.78 is 44.1.